The summed E-state index contributed by atoms with van der Waals surface area (Å²) >= 11 is 1.88. The standard InChI is InChI=1S/C31H22S/c1-3-10-23-21(4-2)24-11-5-6-12-25(24)26-18-17-20(19-29(23)26)22-14-9-15-28-27-13-7-8-16-30(27)32-31(22)28/h3-19H,2H2,1H3/b10-3-. The molecular weight excluding hydrogens is 404 g/mol. The summed E-state index contributed by atoms with van der Waals surface area (Å²) in [6.45, 7) is 6.22. The zero-order chi connectivity index (χ0) is 21.7. The van der Waals surface area contributed by atoms with Crippen molar-refractivity contribution in [3.05, 3.63) is 109 Å². The van der Waals surface area contributed by atoms with E-state index in [2.05, 4.69) is 111 Å². The fourth-order valence-electron chi connectivity index (χ4n) is 4.95. The minimum absolute atomic E-state index is 1.20. The summed E-state index contributed by atoms with van der Waals surface area (Å²) in [6, 6.07) is 31.0. The molecule has 0 unspecified atom stereocenters. The summed E-state index contributed by atoms with van der Waals surface area (Å²) in [6.07, 6.45) is 6.34. The van der Waals surface area contributed by atoms with Crippen LogP contribution in [0.1, 0.15) is 18.1 Å². The molecule has 0 N–H and O–H groups in total. The first-order valence-corrected chi connectivity index (χ1v) is 11.8. The van der Waals surface area contributed by atoms with Crippen molar-refractivity contribution in [3.63, 3.8) is 0 Å². The maximum absolute atomic E-state index is 4.14. The Morgan fingerprint density at radius 3 is 2.19 bits per heavy atom. The molecule has 0 aliphatic heterocycles. The third kappa shape index (κ3) is 2.75. The van der Waals surface area contributed by atoms with Crippen LogP contribution in [-0.2, 0) is 0 Å². The van der Waals surface area contributed by atoms with Gasteiger partial charge in [-0.25, -0.2) is 0 Å². The zero-order valence-corrected chi connectivity index (χ0v) is 18.7. The van der Waals surface area contributed by atoms with Crippen LogP contribution in [0.15, 0.2) is 97.6 Å². The second kappa shape index (κ2) is 7.47. The Kier molecular flexibility index (Phi) is 4.45. The van der Waals surface area contributed by atoms with Gasteiger partial charge in [-0.2, -0.15) is 0 Å². The summed E-state index contributed by atoms with van der Waals surface area (Å²) < 4.78 is 2.69. The summed E-state index contributed by atoms with van der Waals surface area (Å²) in [5, 5.41) is 7.76. The Bertz CT molecular complexity index is 1690. The first kappa shape index (κ1) is 19.0. The van der Waals surface area contributed by atoms with Crippen LogP contribution >= 0.6 is 11.3 Å². The van der Waals surface area contributed by atoms with Gasteiger partial charge in [-0.1, -0.05) is 97.6 Å². The molecule has 0 aliphatic carbocycles. The molecule has 32 heavy (non-hydrogen) atoms. The quantitative estimate of drug-likeness (QED) is 0.247. The van der Waals surface area contributed by atoms with Gasteiger partial charge in [0.2, 0.25) is 0 Å². The van der Waals surface area contributed by atoms with Gasteiger partial charge in [0.25, 0.3) is 0 Å². The molecule has 6 aromatic rings. The highest BCUT2D eigenvalue weighted by Crippen LogP contribution is 2.42. The maximum Gasteiger partial charge on any atom is 0.0433 e. The molecule has 5 aromatic carbocycles. The van der Waals surface area contributed by atoms with Crippen LogP contribution in [0.25, 0.3) is 65.0 Å². The van der Waals surface area contributed by atoms with E-state index in [1.807, 2.05) is 17.4 Å². The second-order valence-corrected chi connectivity index (χ2v) is 9.17. The average molecular weight is 427 g/mol. The monoisotopic (exact) mass is 426 g/mol. The lowest BCUT2D eigenvalue weighted by Gasteiger charge is -2.15. The lowest BCUT2D eigenvalue weighted by Crippen LogP contribution is -1.90. The first-order valence-electron chi connectivity index (χ1n) is 10.9. The van der Waals surface area contributed by atoms with Gasteiger partial charge in [0.15, 0.2) is 0 Å². The van der Waals surface area contributed by atoms with Crippen molar-refractivity contribution in [2.45, 2.75) is 6.92 Å². The van der Waals surface area contributed by atoms with Crippen molar-refractivity contribution >= 4 is 65.2 Å². The largest absolute Gasteiger partial charge is 0.135 e. The van der Waals surface area contributed by atoms with Gasteiger partial charge in [-0.15, -0.1) is 11.3 Å². The van der Waals surface area contributed by atoms with Crippen LogP contribution < -0.4 is 0 Å². The maximum atomic E-state index is 4.14. The molecule has 6 rings (SSSR count). The fourth-order valence-corrected chi connectivity index (χ4v) is 6.19. The third-order valence-corrected chi connectivity index (χ3v) is 7.58. The Labute approximate surface area is 191 Å². The lowest BCUT2D eigenvalue weighted by atomic mass is 9.89. The molecule has 1 heteroatoms. The molecule has 0 atom stereocenters. The van der Waals surface area contributed by atoms with Crippen LogP contribution in [0.2, 0.25) is 0 Å². The Morgan fingerprint density at radius 2 is 1.38 bits per heavy atom. The van der Waals surface area contributed by atoms with Crippen molar-refractivity contribution in [3.8, 4) is 11.1 Å². The molecule has 0 amide bonds. The molecule has 0 nitrogen and oxygen atoms in total. The van der Waals surface area contributed by atoms with Crippen molar-refractivity contribution in [2.75, 3.05) is 0 Å². The number of rotatable bonds is 3. The highest BCUT2D eigenvalue weighted by Gasteiger charge is 2.14. The van der Waals surface area contributed by atoms with E-state index in [0.29, 0.717) is 0 Å². The summed E-state index contributed by atoms with van der Waals surface area (Å²) in [4.78, 5) is 0. The van der Waals surface area contributed by atoms with Gasteiger partial charge in [0.05, 0.1) is 0 Å². The highest BCUT2D eigenvalue weighted by atomic mass is 32.1. The molecular formula is C31H22S. The smallest absolute Gasteiger partial charge is 0.0433 e. The van der Waals surface area contributed by atoms with Gasteiger partial charge in [0, 0.05) is 20.2 Å². The number of fused-ring (bicyclic) bond motifs is 6. The van der Waals surface area contributed by atoms with E-state index in [-0.39, 0.29) is 0 Å². The summed E-state index contributed by atoms with van der Waals surface area (Å²) in [5.74, 6) is 0. The number of allylic oxidation sites excluding steroid dienone is 1. The summed E-state index contributed by atoms with van der Waals surface area (Å²) in [5.41, 5.74) is 4.99. The molecule has 0 radical (unpaired) electrons. The minimum Gasteiger partial charge on any atom is -0.135 e. The Balaban J connectivity index is 1.72. The molecule has 0 bridgehead atoms. The minimum atomic E-state index is 1.20. The van der Waals surface area contributed by atoms with Crippen LogP contribution in [0, 0.1) is 0 Å². The van der Waals surface area contributed by atoms with Gasteiger partial charge < -0.3 is 0 Å². The predicted octanol–water partition coefficient (Wildman–Crippen LogP) is 9.70. The lowest BCUT2D eigenvalue weighted by molar-refractivity contribution is 1.67. The van der Waals surface area contributed by atoms with Gasteiger partial charge >= 0.3 is 0 Å². The van der Waals surface area contributed by atoms with Crippen molar-refractivity contribution < 1.29 is 0 Å². The fraction of sp³-hybridized carbons (Fsp3) is 0.0323. The van der Waals surface area contributed by atoms with Gasteiger partial charge in [-0.05, 0) is 62.9 Å². The number of hydrogen-bond acceptors (Lipinski definition) is 1. The second-order valence-electron chi connectivity index (χ2n) is 8.12. The first-order chi connectivity index (χ1) is 15.8. The molecule has 0 spiro atoms. The van der Waals surface area contributed by atoms with E-state index >= 15 is 0 Å². The normalized spacial score (nSPS) is 11.9. The van der Waals surface area contributed by atoms with E-state index in [4.69, 9.17) is 0 Å². The average Bonchev–Trinajstić information content (AvgIpc) is 3.23. The topological polar surface area (TPSA) is 0 Å². The van der Waals surface area contributed by atoms with Crippen molar-refractivity contribution in [1.29, 1.82) is 0 Å². The Morgan fingerprint density at radius 1 is 0.656 bits per heavy atom. The predicted molar refractivity (Wildman–Crippen MR) is 145 cm³/mol. The highest BCUT2D eigenvalue weighted by molar-refractivity contribution is 7.26. The number of thiophene rings is 1. The number of benzene rings is 5. The third-order valence-electron chi connectivity index (χ3n) is 6.36. The van der Waals surface area contributed by atoms with Crippen LogP contribution in [0.3, 0.4) is 0 Å². The number of hydrogen-bond donors (Lipinski definition) is 0. The van der Waals surface area contributed by atoms with Crippen molar-refractivity contribution in [2.24, 2.45) is 0 Å². The molecule has 152 valence electrons. The van der Waals surface area contributed by atoms with Crippen LogP contribution in [0.4, 0.5) is 0 Å². The molecule has 0 aliphatic rings. The van der Waals surface area contributed by atoms with E-state index in [1.165, 1.54) is 64.0 Å². The Hall–Kier alpha value is -3.68. The van der Waals surface area contributed by atoms with Crippen LogP contribution in [0.5, 0.6) is 0 Å². The molecule has 0 saturated carbocycles. The summed E-state index contributed by atoms with van der Waals surface area (Å²) in [7, 11) is 0. The molecule has 1 heterocycles. The zero-order valence-electron chi connectivity index (χ0n) is 17.9. The molecule has 0 fully saturated rings. The van der Waals surface area contributed by atoms with Gasteiger partial charge in [-0.3, -0.25) is 0 Å². The van der Waals surface area contributed by atoms with E-state index in [0.717, 1.165) is 0 Å². The van der Waals surface area contributed by atoms with Crippen molar-refractivity contribution in [1.82, 2.24) is 0 Å². The van der Waals surface area contributed by atoms with E-state index in [9.17, 15) is 0 Å². The molecule has 1 aromatic heterocycles. The van der Waals surface area contributed by atoms with E-state index in [1.54, 1.807) is 0 Å². The van der Waals surface area contributed by atoms with E-state index < -0.39 is 0 Å². The van der Waals surface area contributed by atoms with Gasteiger partial charge in [0.1, 0.15) is 0 Å². The SMILES string of the molecule is C=Cc1c(/C=C\C)c2cc(-c3cccc4c3sc3ccccc34)ccc2c2ccccc12. The molecule has 0 saturated heterocycles. The van der Waals surface area contributed by atoms with Crippen LogP contribution in [-0.4, -0.2) is 0 Å².